The summed E-state index contributed by atoms with van der Waals surface area (Å²) in [5.41, 5.74) is 2.89. The molecule has 4 atom stereocenters. The Morgan fingerprint density at radius 2 is 1.98 bits per heavy atom. The molecular weight excluding hydrogens is 585 g/mol. The molecule has 1 saturated carbocycles. The molecule has 0 radical (unpaired) electrons. The molecular formula is C32H39Cl2N7O2. The molecule has 43 heavy (non-hydrogen) atoms. The summed E-state index contributed by atoms with van der Waals surface area (Å²) in [5, 5.41) is 1.07. The van der Waals surface area contributed by atoms with E-state index in [-0.39, 0.29) is 24.6 Å². The van der Waals surface area contributed by atoms with Crippen LogP contribution < -0.4 is 14.5 Å². The van der Waals surface area contributed by atoms with Gasteiger partial charge >= 0.3 is 6.01 Å². The van der Waals surface area contributed by atoms with E-state index in [2.05, 4.69) is 33.2 Å². The van der Waals surface area contributed by atoms with E-state index in [1.54, 1.807) is 11.0 Å². The Morgan fingerprint density at radius 3 is 2.72 bits per heavy atom. The number of likely N-dealkylation sites (tertiary alicyclic amines) is 1. The highest BCUT2D eigenvalue weighted by Crippen LogP contribution is 2.39. The van der Waals surface area contributed by atoms with Gasteiger partial charge in [0, 0.05) is 43.7 Å². The summed E-state index contributed by atoms with van der Waals surface area (Å²) in [4.78, 5) is 35.0. The van der Waals surface area contributed by atoms with Crippen LogP contribution in [0.15, 0.2) is 30.9 Å². The summed E-state index contributed by atoms with van der Waals surface area (Å²) in [7, 11) is 2.21. The van der Waals surface area contributed by atoms with Crippen molar-refractivity contribution >= 4 is 40.6 Å². The van der Waals surface area contributed by atoms with E-state index in [1.165, 1.54) is 18.9 Å². The summed E-state index contributed by atoms with van der Waals surface area (Å²) in [6.45, 7) is 15.5. The first kappa shape index (κ1) is 30.0. The lowest BCUT2D eigenvalue weighted by molar-refractivity contribution is -0.128. The van der Waals surface area contributed by atoms with Crippen LogP contribution in [-0.2, 0) is 17.8 Å². The highest BCUT2D eigenvalue weighted by molar-refractivity contribution is 6.43. The van der Waals surface area contributed by atoms with Crippen molar-refractivity contribution in [3.8, 4) is 6.01 Å². The summed E-state index contributed by atoms with van der Waals surface area (Å²) >= 11 is 13.0. The number of aromatic nitrogens is 2. The van der Waals surface area contributed by atoms with Crippen molar-refractivity contribution < 1.29 is 9.53 Å². The van der Waals surface area contributed by atoms with Crippen molar-refractivity contribution in [2.45, 2.75) is 63.3 Å². The molecule has 2 aromatic rings. The number of amides is 1. The van der Waals surface area contributed by atoms with Crippen LogP contribution in [-0.4, -0.2) is 90.2 Å². The topological polar surface area (TPSA) is 69.4 Å². The van der Waals surface area contributed by atoms with Gasteiger partial charge in [-0.3, -0.25) is 4.79 Å². The van der Waals surface area contributed by atoms with Gasteiger partial charge in [0.2, 0.25) is 12.5 Å². The number of ether oxygens (including phenoxy) is 1. The second-order valence-corrected chi connectivity index (χ2v) is 12.9. The van der Waals surface area contributed by atoms with Gasteiger partial charge in [0.25, 0.3) is 0 Å². The fraction of sp³-hybridized carbons (Fsp3) is 0.562. The largest absolute Gasteiger partial charge is 0.460 e. The average molecular weight is 625 g/mol. The Kier molecular flexibility index (Phi) is 8.99. The third kappa shape index (κ3) is 6.02. The molecule has 0 spiro atoms. The maximum atomic E-state index is 12.6. The van der Waals surface area contributed by atoms with Gasteiger partial charge in [0.05, 0.1) is 28.0 Å². The number of benzene rings is 1. The first-order valence-electron chi connectivity index (χ1n) is 15.3. The van der Waals surface area contributed by atoms with E-state index in [0.717, 1.165) is 61.5 Å². The standard InChI is InChI=1S/C32H39Cl2N7O2/c1-4-29(42)41-17-16-40(19-21(41)18-35-2)31-22-12-15-39(27-10-7-9-24(33)30(27)34)20-25(22)36-32(37-31)43-28-11-6-5-8-23(28)26-13-14-38(26)3/h4,7,9-10,21,23,26,28H,1,5-6,8,11-20H2,3H3/t21-,23?,26?,28?/m0/s1. The van der Waals surface area contributed by atoms with E-state index in [9.17, 15) is 4.79 Å². The number of nitrogens with zero attached hydrogens (tertiary/aromatic N) is 7. The molecule has 1 amide bonds. The summed E-state index contributed by atoms with van der Waals surface area (Å²) in [6, 6.07) is 6.43. The highest BCUT2D eigenvalue weighted by atomic mass is 35.5. The van der Waals surface area contributed by atoms with Crippen molar-refractivity contribution in [2.24, 2.45) is 5.92 Å². The van der Waals surface area contributed by atoms with E-state index in [1.807, 2.05) is 12.1 Å². The third-order valence-electron chi connectivity index (χ3n) is 9.69. The third-order valence-corrected chi connectivity index (χ3v) is 10.5. The molecule has 1 aliphatic carbocycles. The van der Waals surface area contributed by atoms with Crippen molar-refractivity contribution in [3.05, 3.63) is 63.6 Å². The molecule has 3 fully saturated rings. The summed E-state index contributed by atoms with van der Waals surface area (Å²) < 4.78 is 6.74. The van der Waals surface area contributed by atoms with Gasteiger partial charge in [-0.25, -0.2) is 6.57 Å². The number of hydrogen-bond acceptors (Lipinski definition) is 7. The van der Waals surface area contributed by atoms with Crippen LogP contribution in [0.1, 0.15) is 43.4 Å². The van der Waals surface area contributed by atoms with Crippen LogP contribution in [0, 0.1) is 12.5 Å². The van der Waals surface area contributed by atoms with Crippen LogP contribution in [0.5, 0.6) is 6.01 Å². The number of carbonyl (C=O) groups is 1. The van der Waals surface area contributed by atoms with Crippen molar-refractivity contribution in [2.75, 3.05) is 56.1 Å². The van der Waals surface area contributed by atoms with Crippen LogP contribution >= 0.6 is 23.2 Å². The number of rotatable bonds is 7. The highest BCUT2D eigenvalue weighted by Gasteiger charge is 2.40. The molecule has 4 heterocycles. The number of piperazine rings is 1. The predicted octanol–water partition coefficient (Wildman–Crippen LogP) is 5.11. The monoisotopic (exact) mass is 623 g/mol. The van der Waals surface area contributed by atoms with Crippen molar-refractivity contribution in [3.63, 3.8) is 0 Å². The zero-order valence-corrected chi connectivity index (χ0v) is 26.2. The number of halogens is 2. The number of anilines is 2. The first-order valence-corrected chi connectivity index (χ1v) is 16.1. The Morgan fingerprint density at radius 1 is 1.14 bits per heavy atom. The fourth-order valence-electron chi connectivity index (χ4n) is 7.29. The first-order chi connectivity index (χ1) is 20.9. The molecule has 3 unspecified atom stereocenters. The van der Waals surface area contributed by atoms with Crippen LogP contribution in [0.25, 0.3) is 4.85 Å². The Bertz CT molecular complexity index is 1410. The van der Waals surface area contributed by atoms with Crippen molar-refractivity contribution in [1.29, 1.82) is 0 Å². The summed E-state index contributed by atoms with van der Waals surface area (Å²) in [5.74, 6) is 1.18. The van der Waals surface area contributed by atoms with E-state index < -0.39 is 0 Å². The molecule has 6 rings (SSSR count). The van der Waals surface area contributed by atoms with Gasteiger partial charge in [0.1, 0.15) is 18.0 Å². The van der Waals surface area contributed by atoms with Crippen LogP contribution in [0.4, 0.5) is 11.5 Å². The van der Waals surface area contributed by atoms with Gasteiger partial charge in [-0.15, -0.1) is 0 Å². The lowest BCUT2D eigenvalue weighted by atomic mass is 9.77. The molecule has 1 aromatic carbocycles. The number of carbonyl (C=O) groups excluding carboxylic acids is 1. The van der Waals surface area contributed by atoms with E-state index in [4.69, 9.17) is 44.5 Å². The lowest BCUT2D eigenvalue weighted by Gasteiger charge is -2.47. The molecule has 0 N–H and O–H groups in total. The molecule has 11 heteroatoms. The SMILES string of the molecule is [C-]#[N+]C[C@H]1CN(c2nc(OC3CCCCC3C3CCN3C)nc3c2CCN(c2cccc(Cl)c2Cl)C3)CCN1C(=O)C=C. The van der Waals surface area contributed by atoms with Gasteiger partial charge in [0.15, 0.2) is 0 Å². The zero-order chi connectivity index (χ0) is 30.1. The molecule has 2 saturated heterocycles. The Hall–Kier alpha value is -3.06. The lowest BCUT2D eigenvalue weighted by Crippen LogP contribution is -2.56. The second-order valence-electron chi connectivity index (χ2n) is 12.1. The second kappa shape index (κ2) is 12.9. The Labute approximate surface area is 264 Å². The van der Waals surface area contributed by atoms with Crippen LogP contribution in [0.3, 0.4) is 0 Å². The predicted molar refractivity (Wildman–Crippen MR) is 170 cm³/mol. The van der Waals surface area contributed by atoms with E-state index >= 15 is 0 Å². The maximum absolute atomic E-state index is 12.6. The van der Waals surface area contributed by atoms with Gasteiger partial charge in [-0.05, 0) is 63.9 Å². The smallest absolute Gasteiger partial charge is 0.318 e. The minimum absolute atomic E-state index is 0.0754. The van der Waals surface area contributed by atoms with Crippen molar-refractivity contribution in [1.82, 2.24) is 19.8 Å². The minimum Gasteiger partial charge on any atom is -0.460 e. The molecule has 3 aliphatic heterocycles. The maximum Gasteiger partial charge on any atom is 0.318 e. The molecule has 0 bridgehead atoms. The van der Waals surface area contributed by atoms with E-state index in [0.29, 0.717) is 54.2 Å². The van der Waals surface area contributed by atoms with Gasteiger partial charge in [-0.2, -0.15) is 9.97 Å². The molecule has 9 nitrogen and oxygen atoms in total. The summed E-state index contributed by atoms with van der Waals surface area (Å²) in [6.07, 6.45) is 7.90. The average Bonchev–Trinajstić information content (AvgIpc) is 3.01. The number of hydrogen-bond donors (Lipinski definition) is 0. The van der Waals surface area contributed by atoms with Crippen LogP contribution in [0.2, 0.25) is 10.0 Å². The number of fused-ring (bicyclic) bond motifs is 1. The zero-order valence-electron chi connectivity index (χ0n) is 24.7. The molecule has 4 aliphatic rings. The molecule has 1 aromatic heterocycles. The quantitative estimate of drug-likeness (QED) is 0.313. The van der Waals surface area contributed by atoms with Gasteiger partial charge in [-0.1, -0.05) is 42.3 Å². The molecule has 228 valence electrons. The van der Waals surface area contributed by atoms with Gasteiger partial charge < -0.3 is 29.2 Å². The normalized spacial score (nSPS) is 25.9. The fourth-order valence-corrected chi connectivity index (χ4v) is 7.70. The minimum atomic E-state index is -0.242. The Balaban J connectivity index is 1.34.